The minimum Gasteiger partial charge on any atom is -0.496 e. The van der Waals surface area contributed by atoms with Gasteiger partial charge < -0.3 is 10.5 Å². The fourth-order valence-electron chi connectivity index (χ4n) is 1.30. The molecule has 0 spiro atoms. The second-order valence-corrected chi connectivity index (χ2v) is 4.07. The standard InChI is InChI=1S/C10H13ClFNO/c1-10(2,13)8-7(14-3)5-4-6(11)9(8)12/h4-5H,13H2,1-3H3. The summed E-state index contributed by atoms with van der Waals surface area (Å²) >= 11 is 5.66. The van der Waals surface area contributed by atoms with E-state index in [0.29, 0.717) is 11.3 Å². The quantitative estimate of drug-likeness (QED) is 0.827. The van der Waals surface area contributed by atoms with Gasteiger partial charge >= 0.3 is 0 Å². The molecule has 2 N–H and O–H groups in total. The molecule has 0 fully saturated rings. The molecule has 0 heterocycles. The number of hydrogen-bond acceptors (Lipinski definition) is 2. The van der Waals surface area contributed by atoms with Crippen molar-refractivity contribution in [3.05, 3.63) is 28.5 Å². The summed E-state index contributed by atoms with van der Waals surface area (Å²) in [6, 6.07) is 3.06. The molecule has 0 atom stereocenters. The molecule has 0 saturated heterocycles. The normalized spacial score (nSPS) is 11.6. The molecule has 0 amide bonds. The first-order valence-electron chi connectivity index (χ1n) is 4.19. The van der Waals surface area contributed by atoms with Gasteiger partial charge in [-0.25, -0.2) is 4.39 Å². The van der Waals surface area contributed by atoms with Crippen molar-refractivity contribution in [1.82, 2.24) is 0 Å². The zero-order valence-electron chi connectivity index (χ0n) is 8.40. The summed E-state index contributed by atoms with van der Waals surface area (Å²) in [5.41, 5.74) is 5.30. The molecule has 1 aromatic rings. The van der Waals surface area contributed by atoms with Crippen LogP contribution in [0, 0.1) is 5.82 Å². The molecule has 0 saturated carbocycles. The summed E-state index contributed by atoms with van der Waals surface area (Å²) in [7, 11) is 1.47. The minimum atomic E-state index is -0.819. The summed E-state index contributed by atoms with van der Waals surface area (Å²) in [6.45, 7) is 3.40. The van der Waals surface area contributed by atoms with Gasteiger partial charge in [0.25, 0.3) is 0 Å². The van der Waals surface area contributed by atoms with Crippen LogP contribution in [0.1, 0.15) is 19.4 Å². The number of methoxy groups -OCH3 is 1. The molecular weight excluding hydrogens is 205 g/mol. The van der Waals surface area contributed by atoms with E-state index in [1.165, 1.54) is 13.2 Å². The first kappa shape index (κ1) is 11.3. The monoisotopic (exact) mass is 217 g/mol. The van der Waals surface area contributed by atoms with Gasteiger partial charge in [0.2, 0.25) is 0 Å². The Balaban J connectivity index is 3.44. The van der Waals surface area contributed by atoms with Crippen molar-refractivity contribution < 1.29 is 9.13 Å². The highest BCUT2D eigenvalue weighted by Gasteiger charge is 2.25. The minimum absolute atomic E-state index is 0.0549. The van der Waals surface area contributed by atoms with Crippen LogP contribution in [0.4, 0.5) is 4.39 Å². The van der Waals surface area contributed by atoms with Crippen molar-refractivity contribution in [2.45, 2.75) is 19.4 Å². The van der Waals surface area contributed by atoms with E-state index in [1.54, 1.807) is 19.9 Å². The predicted octanol–water partition coefficient (Wildman–Crippen LogP) is 2.68. The van der Waals surface area contributed by atoms with E-state index >= 15 is 0 Å². The average molecular weight is 218 g/mol. The van der Waals surface area contributed by atoms with Gasteiger partial charge in [-0.15, -0.1) is 0 Å². The van der Waals surface area contributed by atoms with E-state index in [9.17, 15) is 4.39 Å². The molecule has 2 nitrogen and oxygen atoms in total. The number of hydrogen-bond donors (Lipinski definition) is 1. The lowest BCUT2D eigenvalue weighted by Gasteiger charge is -2.23. The molecule has 0 unspecified atom stereocenters. The van der Waals surface area contributed by atoms with E-state index in [1.807, 2.05) is 0 Å². The van der Waals surface area contributed by atoms with Crippen LogP contribution < -0.4 is 10.5 Å². The Morgan fingerprint density at radius 1 is 1.43 bits per heavy atom. The molecule has 78 valence electrons. The summed E-state index contributed by atoms with van der Waals surface area (Å²) in [5, 5.41) is 0.0549. The molecule has 4 heteroatoms. The fraction of sp³-hybridized carbons (Fsp3) is 0.400. The highest BCUT2D eigenvalue weighted by Crippen LogP contribution is 2.33. The van der Waals surface area contributed by atoms with E-state index in [0.717, 1.165) is 0 Å². The van der Waals surface area contributed by atoms with Gasteiger partial charge in [-0.1, -0.05) is 11.6 Å². The fourth-order valence-corrected chi connectivity index (χ4v) is 1.46. The van der Waals surface area contributed by atoms with Crippen molar-refractivity contribution in [1.29, 1.82) is 0 Å². The van der Waals surface area contributed by atoms with Gasteiger partial charge in [0.15, 0.2) is 5.82 Å². The van der Waals surface area contributed by atoms with E-state index in [-0.39, 0.29) is 5.02 Å². The van der Waals surface area contributed by atoms with Crippen LogP contribution in [0.2, 0.25) is 5.02 Å². The molecule has 0 aliphatic carbocycles. The van der Waals surface area contributed by atoms with Gasteiger partial charge in [-0.2, -0.15) is 0 Å². The number of rotatable bonds is 2. The van der Waals surface area contributed by atoms with Crippen molar-refractivity contribution in [2.75, 3.05) is 7.11 Å². The van der Waals surface area contributed by atoms with Crippen LogP contribution in [0.15, 0.2) is 12.1 Å². The third-order valence-corrected chi connectivity index (χ3v) is 2.21. The van der Waals surface area contributed by atoms with Crippen molar-refractivity contribution in [3.8, 4) is 5.75 Å². The molecule has 1 aromatic carbocycles. The summed E-state index contributed by atoms with van der Waals surface area (Å²) in [6.07, 6.45) is 0. The topological polar surface area (TPSA) is 35.2 Å². The van der Waals surface area contributed by atoms with Crippen LogP contribution >= 0.6 is 11.6 Å². The lowest BCUT2D eigenvalue weighted by Crippen LogP contribution is -2.30. The SMILES string of the molecule is COc1ccc(Cl)c(F)c1C(C)(C)N. The van der Waals surface area contributed by atoms with Crippen molar-refractivity contribution >= 4 is 11.6 Å². The first-order chi connectivity index (χ1) is 6.38. The van der Waals surface area contributed by atoms with Crippen LogP contribution in [0.5, 0.6) is 5.75 Å². The van der Waals surface area contributed by atoms with Crippen LogP contribution in [0.25, 0.3) is 0 Å². The third kappa shape index (κ3) is 1.99. The Morgan fingerprint density at radius 2 is 2.00 bits per heavy atom. The van der Waals surface area contributed by atoms with Gasteiger partial charge in [0.05, 0.1) is 17.7 Å². The van der Waals surface area contributed by atoms with Gasteiger partial charge in [-0.3, -0.25) is 0 Å². The molecule has 1 rings (SSSR count). The van der Waals surface area contributed by atoms with E-state index in [4.69, 9.17) is 22.1 Å². The number of halogens is 2. The van der Waals surface area contributed by atoms with Crippen molar-refractivity contribution in [2.24, 2.45) is 5.73 Å². The van der Waals surface area contributed by atoms with Crippen LogP contribution in [0.3, 0.4) is 0 Å². The third-order valence-electron chi connectivity index (χ3n) is 1.92. The zero-order chi connectivity index (χ0) is 10.9. The number of ether oxygens (including phenoxy) is 1. The lowest BCUT2D eigenvalue weighted by molar-refractivity contribution is 0.384. The Labute approximate surface area is 87.8 Å². The smallest absolute Gasteiger partial charge is 0.150 e. The number of benzene rings is 1. The molecule has 0 aromatic heterocycles. The Bertz CT molecular complexity index is 347. The highest BCUT2D eigenvalue weighted by atomic mass is 35.5. The second-order valence-electron chi connectivity index (χ2n) is 3.66. The summed E-state index contributed by atoms with van der Waals surface area (Å²) in [4.78, 5) is 0. The van der Waals surface area contributed by atoms with E-state index < -0.39 is 11.4 Å². The number of nitrogens with two attached hydrogens (primary N) is 1. The summed E-state index contributed by atoms with van der Waals surface area (Å²) < 4.78 is 18.7. The second kappa shape index (κ2) is 3.75. The van der Waals surface area contributed by atoms with Gasteiger partial charge in [0, 0.05) is 5.54 Å². The van der Waals surface area contributed by atoms with Crippen LogP contribution in [-0.2, 0) is 5.54 Å². The zero-order valence-corrected chi connectivity index (χ0v) is 9.15. The van der Waals surface area contributed by atoms with E-state index in [2.05, 4.69) is 0 Å². The van der Waals surface area contributed by atoms with Gasteiger partial charge in [-0.05, 0) is 26.0 Å². The van der Waals surface area contributed by atoms with Crippen molar-refractivity contribution in [3.63, 3.8) is 0 Å². The summed E-state index contributed by atoms with van der Waals surface area (Å²) in [5.74, 6) is -0.0992. The molecule has 0 aliphatic rings. The molecule has 0 bridgehead atoms. The van der Waals surface area contributed by atoms with Gasteiger partial charge in [0.1, 0.15) is 5.75 Å². The molecule has 0 aliphatic heterocycles. The lowest BCUT2D eigenvalue weighted by atomic mass is 9.94. The maximum atomic E-state index is 13.7. The molecule has 14 heavy (non-hydrogen) atoms. The highest BCUT2D eigenvalue weighted by molar-refractivity contribution is 6.30. The molecule has 0 radical (unpaired) electrons. The average Bonchev–Trinajstić information content (AvgIpc) is 2.07. The Hall–Kier alpha value is -0.800. The van der Waals surface area contributed by atoms with Crippen LogP contribution in [-0.4, -0.2) is 7.11 Å². The predicted molar refractivity (Wildman–Crippen MR) is 55.2 cm³/mol. The maximum absolute atomic E-state index is 13.7. The largest absolute Gasteiger partial charge is 0.496 e. The molecular formula is C10H13ClFNO. The Kier molecular flexibility index (Phi) is 3.02. The Morgan fingerprint density at radius 3 is 2.43 bits per heavy atom. The maximum Gasteiger partial charge on any atom is 0.150 e. The first-order valence-corrected chi connectivity index (χ1v) is 4.57.